The lowest BCUT2D eigenvalue weighted by Gasteiger charge is -2.11. The molecule has 2 heterocycles. The van der Waals surface area contributed by atoms with Gasteiger partial charge >= 0.3 is 12.1 Å². The molecule has 0 bridgehead atoms. The van der Waals surface area contributed by atoms with Gasteiger partial charge < -0.3 is 15.6 Å². The highest BCUT2D eigenvalue weighted by molar-refractivity contribution is 5.85. The monoisotopic (exact) mass is 430 g/mol. The molecule has 0 amide bonds. The lowest BCUT2D eigenvalue weighted by atomic mass is 10.1. The van der Waals surface area contributed by atoms with Gasteiger partial charge in [-0.3, -0.25) is 9.55 Å². The summed E-state index contributed by atoms with van der Waals surface area (Å²) in [5, 5.41) is 11.3. The Kier molecular flexibility index (Phi) is 4.84. The average Bonchev–Trinajstić information content (AvgIpc) is 2.93. The number of hydrogen-bond donors (Lipinski definition) is 2. The van der Waals surface area contributed by atoms with E-state index < -0.39 is 17.8 Å². The molecule has 0 atom stereocenters. The van der Waals surface area contributed by atoms with Crippen LogP contribution >= 0.6 is 0 Å². The third kappa shape index (κ3) is 3.79. The Labute approximate surface area is 173 Å². The van der Waals surface area contributed by atoms with Crippen molar-refractivity contribution in [1.29, 1.82) is 0 Å². The number of hydrogen-bond acceptors (Lipinski definition) is 5. The van der Waals surface area contributed by atoms with Crippen LogP contribution in [-0.4, -0.2) is 25.6 Å². The van der Waals surface area contributed by atoms with Crippen LogP contribution < -0.4 is 16.2 Å². The summed E-state index contributed by atoms with van der Waals surface area (Å²) in [5.41, 5.74) is 7.77. The summed E-state index contributed by atoms with van der Waals surface area (Å²) >= 11 is 0. The number of nitrogens with two attached hydrogens (primary N) is 1. The second kappa shape index (κ2) is 7.38. The molecule has 4 rings (SSSR count). The van der Waals surface area contributed by atoms with Crippen molar-refractivity contribution in [2.24, 2.45) is 0 Å². The summed E-state index contributed by atoms with van der Waals surface area (Å²) in [5.74, 6) is -0.762. The summed E-state index contributed by atoms with van der Waals surface area (Å²) in [6, 6.07) is 12.0. The zero-order valence-corrected chi connectivity index (χ0v) is 16.2. The van der Waals surface area contributed by atoms with E-state index in [0.717, 1.165) is 22.1 Å². The van der Waals surface area contributed by atoms with Gasteiger partial charge in [-0.15, -0.1) is 13.2 Å². The van der Waals surface area contributed by atoms with E-state index in [0.29, 0.717) is 16.8 Å². The SMILES string of the molecule is Cc1c(O)n(-c2ccc(OC(F)(F)F)cc2)c(=O)n1Cc1c(N)cnc2ccccc12. The van der Waals surface area contributed by atoms with Crippen molar-refractivity contribution >= 4 is 16.6 Å². The van der Waals surface area contributed by atoms with E-state index in [1.807, 2.05) is 24.3 Å². The number of pyridine rings is 1. The van der Waals surface area contributed by atoms with Crippen LogP contribution in [0.1, 0.15) is 11.3 Å². The standard InChI is InChI=1S/C21H17F3N4O3/c1-12-19(29)28(13-6-8-14(9-7-13)31-21(22,23)24)20(30)27(12)11-16-15-4-2-3-5-18(15)26-10-17(16)25/h2-10,29H,11,25H2,1H3. The first-order valence-corrected chi connectivity index (χ1v) is 9.15. The third-order valence-electron chi connectivity index (χ3n) is 4.93. The van der Waals surface area contributed by atoms with Gasteiger partial charge in [-0.1, -0.05) is 18.2 Å². The molecule has 0 unspecified atom stereocenters. The van der Waals surface area contributed by atoms with E-state index in [4.69, 9.17) is 5.73 Å². The highest BCUT2D eigenvalue weighted by Gasteiger charge is 2.31. The Hall–Kier alpha value is -3.95. The number of ether oxygens (including phenoxy) is 1. The fourth-order valence-electron chi connectivity index (χ4n) is 3.40. The molecule has 31 heavy (non-hydrogen) atoms. The number of imidazole rings is 1. The quantitative estimate of drug-likeness (QED) is 0.515. The summed E-state index contributed by atoms with van der Waals surface area (Å²) in [4.78, 5) is 17.3. The van der Waals surface area contributed by atoms with Crippen LogP contribution in [0.3, 0.4) is 0 Å². The number of fused-ring (bicyclic) bond motifs is 1. The largest absolute Gasteiger partial charge is 0.573 e. The van der Waals surface area contributed by atoms with Crippen LogP contribution in [0.5, 0.6) is 11.6 Å². The summed E-state index contributed by atoms with van der Waals surface area (Å²) < 4.78 is 43.3. The first kappa shape index (κ1) is 20.3. The highest BCUT2D eigenvalue weighted by atomic mass is 19.4. The molecule has 0 aliphatic carbocycles. The Morgan fingerprint density at radius 2 is 1.81 bits per heavy atom. The summed E-state index contributed by atoms with van der Waals surface area (Å²) in [7, 11) is 0. The van der Waals surface area contributed by atoms with Crippen LogP contribution in [0.15, 0.2) is 59.5 Å². The van der Waals surface area contributed by atoms with Crippen LogP contribution in [0.25, 0.3) is 16.6 Å². The number of nitrogens with zero attached hydrogens (tertiary/aromatic N) is 3. The molecule has 160 valence electrons. The number of halogens is 3. The van der Waals surface area contributed by atoms with Gasteiger partial charge in [0.15, 0.2) is 0 Å². The number of anilines is 1. The van der Waals surface area contributed by atoms with Gasteiger partial charge in [0, 0.05) is 10.9 Å². The minimum Gasteiger partial charge on any atom is -0.493 e. The predicted octanol–water partition coefficient (Wildman–Crippen LogP) is 3.73. The van der Waals surface area contributed by atoms with Crippen molar-refractivity contribution < 1.29 is 23.0 Å². The van der Waals surface area contributed by atoms with Crippen LogP contribution in [-0.2, 0) is 6.54 Å². The lowest BCUT2D eigenvalue weighted by molar-refractivity contribution is -0.274. The first-order chi connectivity index (χ1) is 14.7. The summed E-state index contributed by atoms with van der Waals surface area (Å²) in [6.07, 6.45) is -3.32. The molecule has 0 saturated heterocycles. The van der Waals surface area contributed by atoms with Crippen molar-refractivity contribution in [1.82, 2.24) is 14.1 Å². The molecule has 0 aliphatic heterocycles. The van der Waals surface area contributed by atoms with Gasteiger partial charge in [-0.25, -0.2) is 9.36 Å². The molecule has 0 fully saturated rings. The molecule has 10 heteroatoms. The first-order valence-electron chi connectivity index (χ1n) is 9.15. The predicted molar refractivity (Wildman–Crippen MR) is 108 cm³/mol. The van der Waals surface area contributed by atoms with Crippen molar-refractivity contribution in [2.75, 3.05) is 5.73 Å². The normalized spacial score (nSPS) is 11.7. The molecule has 0 radical (unpaired) electrons. The zero-order valence-electron chi connectivity index (χ0n) is 16.2. The molecule has 4 aromatic rings. The number of nitrogen functional groups attached to an aromatic ring is 1. The fourth-order valence-corrected chi connectivity index (χ4v) is 3.40. The Morgan fingerprint density at radius 3 is 2.48 bits per heavy atom. The van der Waals surface area contributed by atoms with Gasteiger partial charge in [0.05, 0.1) is 35.3 Å². The molecular weight excluding hydrogens is 413 g/mol. The second-order valence-corrected chi connectivity index (χ2v) is 6.86. The number of rotatable bonds is 4. The van der Waals surface area contributed by atoms with Crippen LogP contribution in [0.4, 0.5) is 18.9 Å². The number of para-hydroxylation sites is 1. The van der Waals surface area contributed by atoms with E-state index in [-0.39, 0.29) is 23.8 Å². The Morgan fingerprint density at radius 1 is 1.13 bits per heavy atom. The molecule has 2 aromatic heterocycles. The number of aromatic nitrogens is 3. The maximum Gasteiger partial charge on any atom is 0.573 e. The highest BCUT2D eigenvalue weighted by Crippen LogP contribution is 2.27. The van der Waals surface area contributed by atoms with Gasteiger partial charge in [0.25, 0.3) is 0 Å². The molecule has 7 nitrogen and oxygen atoms in total. The number of aromatic hydroxyl groups is 1. The van der Waals surface area contributed by atoms with Crippen molar-refractivity contribution in [3.8, 4) is 17.3 Å². The topological polar surface area (TPSA) is 95.3 Å². The maximum atomic E-state index is 13.1. The summed E-state index contributed by atoms with van der Waals surface area (Å²) in [6.45, 7) is 1.64. The Bertz CT molecular complexity index is 1320. The third-order valence-corrected chi connectivity index (χ3v) is 4.93. The van der Waals surface area contributed by atoms with E-state index in [2.05, 4.69) is 9.72 Å². The van der Waals surface area contributed by atoms with E-state index >= 15 is 0 Å². The van der Waals surface area contributed by atoms with Crippen molar-refractivity contribution in [3.63, 3.8) is 0 Å². The van der Waals surface area contributed by atoms with Gasteiger partial charge in [-0.05, 0) is 37.3 Å². The van der Waals surface area contributed by atoms with E-state index in [1.165, 1.54) is 22.9 Å². The van der Waals surface area contributed by atoms with Crippen molar-refractivity contribution in [3.05, 3.63) is 76.5 Å². The average molecular weight is 430 g/mol. The van der Waals surface area contributed by atoms with E-state index in [1.54, 1.807) is 6.92 Å². The second-order valence-electron chi connectivity index (χ2n) is 6.86. The van der Waals surface area contributed by atoms with Gasteiger partial charge in [-0.2, -0.15) is 0 Å². The van der Waals surface area contributed by atoms with Gasteiger partial charge in [0.2, 0.25) is 5.88 Å². The smallest absolute Gasteiger partial charge is 0.493 e. The molecule has 0 saturated carbocycles. The molecule has 0 spiro atoms. The molecule has 0 aliphatic rings. The number of benzene rings is 2. The minimum absolute atomic E-state index is 0.0787. The lowest BCUT2D eigenvalue weighted by Crippen LogP contribution is -2.25. The number of alkyl halides is 3. The van der Waals surface area contributed by atoms with Crippen LogP contribution in [0, 0.1) is 6.92 Å². The fraction of sp³-hybridized carbons (Fsp3) is 0.143. The Balaban J connectivity index is 1.76. The van der Waals surface area contributed by atoms with E-state index in [9.17, 15) is 23.1 Å². The van der Waals surface area contributed by atoms with Gasteiger partial charge in [0.1, 0.15) is 5.75 Å². The molecule has 3 N–H and O–H groups in total. The van der Waals surface area contributed by atoms with Crippen LogP contribution in [0.2, 0.25) is 0 Å². The zero-order chi connectivity index (χ0) is 22.3. The maximum absolute atomic E-state index is 13.1. The van der Waals surface area contributed by atoms with Crippen molar-refractivity contribution in [2.45, 2.75) is 19.8 Å². The molecular formula is C21H17F3N4O3. The minimum atomic E-state index is -4.83. The molecule has 2 aromatic carbocycles.